The van der Waals surface area contributed by atoms with Crippen LogP contribution in [0.3, 0.4) is 0 Å². The van der Waals surface area contributed by atoms with Gasteiger partial charge in [0, 0.05) is 25.0 Å². The van der Waals surface area contributed by atoms with Gasteiger partial charge in [-0.15, -0.1) is 0 Å². The van der Waals surface area contributed by atoms with Crippen molar-refractivity contribution >= 4 is 39.2 Å². The van der Waals surface area contributed by atoms with Gasteiger partial charge in [0.25, 0.3) is 0 Å². The summed E-state index contributed by atoms with van der Waals surface area (Å²) in [4.78, 5) is 7.09. The average molecular weight is 352 g/mol. The first kappa shape index (κ1) is 13.5. The zero-order chi connectivity index (χ0) is 14.1. The number of rotatable bonds is 3. The van der Waals surface area contributed by atoms with Crippen molar-refractivity contribution in [2.24, 2.45) is 0 Å². The van der Waals surface area contributed by atoms with E-state index in [4.69, 9.17) is 12.2 Å². The highest BCUT2D eigenvalue weighted by atomic mass is 79.9. The summed E-state index contributed by atoms with van der Waals surface area (Å²) < 4.78 is 16.6. The molecule has 3 nitrogen and oxygen atoms in total. The van der Waals surface area contributed by atoms with Crippen molar-refractivity contribution < 1.29 is 4.39 Å². The second-order valence-electron chi connectivity index (χ2n) is 4.47. The molecule has 0 fully saturated rings. The van der Waals surface area contributed by atoms with Crippen LogP contribution in [-0.4, -0.2) is 14.5 Å². The van der Waals surface area contributed by atoms with E-state index < -0.39 is 0 Å². The molecule has 0 aliphatic rings. The van der Waals surface area contributed by atoms with Gasteiger partial charge >= 0.3 is 0 Å². The largest absolute Gasteiger partial charge is 0.331 e. The van der Waals surface area contributed by atoms with Crippen LogP contribution in [0.4, 0.5) is 4.39 Å². The molecule has 2 heterocycles. The zero-order valence-electron chi connectivity index (χ0n) is 10.4. The molecule has 0 saturated carbocycles. The second-order valence-corrected chi connectivity index (χ2v) is 5.71. The van der Waals surface area contributed by atoms with Crippen molar-refractivity contribution in [3.05, 3.63) is 57.3 Å². The van der Waals surface area contributed by atoms with Gasteiger partial charge in [0.05, 0.1) is 15.5 Å². The first-order chi connectivity index (χ1) is 9.65. The Labute approximate surface area is 128 Å². The maximum absolute atomic E-state index is 13.7. The number of nitrogens with one attached hydrogen (secondary N) is 1. The van der Waals surface area contributed by atoms with E-state index in [0.29, 0.717) is 15.8 Å². The van der Waals surface area contributed by atoms with Crippen LogP contribution in [0.25, 0.3) is 11.0 Å². The second kappa shape index (κ2) is 5.46. The SMILES string of the molecule is Fc1cc2c(cc1Br)[nH]c(=S)n2CCc1ccncc1. The Hall–Kier alpha value is -1.53. The van der Waals surface area contributed by atoms with Crippen molar-refractivity contribution in [3.63, 3.8) is 0 Å². The monoisotopic (exact) mass is 351 g/mol. The van der Waals surface area contributed by atoms with E-state index >= 15 is 0 Å². The molecule has 0 aliphatic heterocycles. The Morgan fingerprint density at radius 3 is 2.80 bits per heavy atom. The Kier molecular flexibility index (Phi) is 3.67. The Morgan fingerprint density at radius 2 is 2.05 bits per heavy atom. The fraction of sp³-hybridized carbons (Fsp3) is 0.143. The van der Waals surface area contributed by atoms with Crippen LogP contribution in [0.5, 0.6) is 0 Å². The lowest BCUT2D eigenvalue weighted by molar-refractivity contribution is 0.620. The summed E-state index contributed by atoms with van der Waals surface area (Å²) in [5.74, 6) is -0.288. The molecule has 0 unspecified atom stereocenters. The Balaban J connectivity index is 1.97. The molecule has 0 saturated heterocycles. The van der Waals surface area contributed by atoms with Crippen LogP contribution >= 0.6 is 28.1 Å². The highest BCUT2D eigenvalue weighted by Gasteiger charge is 2.08. The number of halogens is 2. The summed E-state index contributed by atoms with van der Waals surface area (Å²) >= 11 is 8.49. The average Bonchev–Trinajstić information content (AvgIpc) is 2.73. The van der Waals surface area contributed by atoms with Crippen LogP contribution in [0.15, 0.2) is 41.1 Å². The predicted octanol–water partition coefficient (Wildman–Crippen LogP) is 4.24. The molecule has 0 bridgehead atoms. The van der Waals surface area contributed by atoms with Crippen LogP contribution in [-0.2, 0) is 13.0 Å². The summed E-state index contributed by atoms with van der Waals surface area (Å²) in [5.41, 5.74) is 2.79. The molecule has 0 spiro atoms. The van der Waals surface area contributed by atoms with Gasteiger partial charge in [-0.25, -0.2) is 4.39 Å². The van der Waals surface area contributed by atoms with Crippen molar-refractivity contribution in [1.29, 1.82) is 0 Å². The third-order valence-corrected chi connectivity index (χ3v) is 4.12. The maximum Gasteiger partial charge on any atom is 0.178 e. The Morgan fingerprint density at radius 1 is 1.30 bits per heavy atom. The van der Waals surface area contributed by atoms with Crippen LogP contribution in [0, 0.1) is 10.6 Å². The number of hydrogen-bond acceptors (Lipinski definition) is 2. The summed E-state index contributed by atoms with van der Waals surface area (Å²) in [5, 5.41) is 0. The van der Waals surface area contributed by atoms with Gasteiger partial charge in [-0.3, -0.25) is 4.98 Å². The molecule has 0 amide bonds. The van der Waals surface area contributed by atoms with Gasteiger partial charge in [-0.1, -0.05) is 0 Å². The van der Waals surface area contributed by atoms with Crippen molar-refractivity contribution in [3.8, 4) is 0 Å². The lowest BCUT2D eigenvalue weighted by Crippen LogP contribution is -2.01. The summed E-state index contributed by atoms with van der Waals surface area (Å²) in [6, 6.07) is 7.15. The maximum atomic E-state index is 13.7. The van der Waals surface area contributed by atoms with Gasteiger partial charge in [0.2, 0.25) is 0 Å². The summed E-state index contributed by atoms with van der Waals surface area (Å²) in [7, 11) is 0. The van der Waals surface area contributed by atoms with E-state index in [-0.39, 0.29) is 5.82 Å². The molecule has 3 rings (SSSR count). The lowest BCUT2D eigenvalue weighted by atomic mass is 10.2. The smallest absolute Gasteiger partial charge is 0.178 e. The highest BCUT2D eigenvalue weighted by Crippen LogP contribution is 2.23. The number of pyridine rings is 1. The number of benzene rings is 1. The molecule has 0 radical (unpaired) electrons. The molecule has 102 valence electrons. The van der Waals surface area contributed by atoms with Crippen LogP contribution in [0.2, 0.25) is 0 Å². The molecular weight excluding hydrogens is 341 g/mol. The predicted molar refractivity (Wildman–Crippen MR) is 82.7 cm³/mol. The van der Waals surface area contributed by atoms with E-state index in [2.05, 4.69) is 25.9 Å². The first-order valence-corrected chi connectivity index (χ1v) is 7.32. The van der Waals surface area contributed by atoms with Gasteiger partial charge in [-0.05, 0) is 58.3 Å². The van der Waals surface area contributed by atoms with Crippen molar-refractivity contribution in [1.82, 2.24) is 14.5 Å². The third-order valence-electron chi connectivity index (χ3n) is 3.19. The topological polar surface area (TPSA) is 33.6 Å². The molecule has 3 aromatic rings. The molecular formula is C14H11BrFN3S. The van der Waals surface area contributed by atoms with Gasteiger partial charge in [-0.2, -0.15) is 0 Å². The van der Waals surface area contributed by atoms with Gasteiger partial charge in [0.15, 0.2) is 4.77 Å². The van der Waals surface area contributed by atoms with Gasteiger partial charge < -0.3 is 9.55 Å². The number of aryl methyl sites for hydroxylation is 2. The van der Waals surface area contributed by atoms with Crippen LogP contribution < -0.4 is 0 Å². The minimum absolute atomic E-state index is 0.288. The standard InChI is InChI=1S/C14H11BrFN3S/c15-10-7-12-13(8-11(10)16)19(14(20)18-12)6-3-9-1-4-17-5-2-9/h1-2,4-5,7-8H,3,6H2,(H,18,20). The van der Waals surface area contributed by atoms with E-state index in [1.165, 1.54) is 11.6 Å². The minimum atomic E-state index is -0.288. The van der Waals surface area contributed by atoms with Gasteiger partial charge in [0.1, 0.15) is 5.82 Å². The molecule has 6 heteroatoms. The highest BCUT2D eigenvalue weighted by molar-refractivity contribution is 9.10. The van der Waals surface area contributed by atoms with E-state index in [0.717, 1.165) is 17.5 Å². The quantitative estimate of drug-likeness (QED) is 0.716. The molecule has 2 aromatic heterocycles. The minimum Gasteiger partial charge on any atom is -0.331 e. The van der Waals surface area contributed by atoms with Crippen molar-refractivity contribution in [2.45, 2.75) is 13.0 Å². The fourth-order valence-corrected chi connectivity index (χ4v) is 2.81. The first-order valence-electron chi connectivity index (χ1n) is 6.11. The normalized spacial score (nSPS) is 11.1. The number of H-pyrrole nitrogens is 1. The zero-order valence-corrected chi connectivity index (χ0v) is 12.8. The molecule has 1 aromatic carbocycles. The summed E-state index contributed by atoms with van der Waals surface area (Å²) in [6.45, 7) is 0.698. The van der Waals surface area contributed by atoms with E-state index in [1.807, 2.05) is 16.7 Å². The lowest BCUT2D eigenvalue weighted by Gasteiger charge is -2.05. The Bertz CT molecular complexity index is 810. The van der Waals surface area contributed by atoms with E-state index in [1.54, 1.807) is 18.5 Å². The van der Waals surface area contributed by atoms with Crippen LogP contribution in [0.1, 0.15) is 5.56 Å². The molecule has 20 heavy (non-hydrogen) atoms. The molecule has 0 atom stereocenters. The van der Waals surface area contributed by atoms with E-state index in [9.17, 15) is 4.39 Å². The molecule has 0 aliphatic carbocycles. The number of hydrogen-bond donors (Lipinski definition) is 1. The number of imidazole rings is 1. The molecule has 1 N–H and O–H groups in total. The third kappa shape index (κ3) is 2.53. The van der Waals surface area contributed by atoms with Crippen molar-refractivity contribution in [2.75, 3.05) is 0 Å². The number of aromatic nitrogens is 3. The number of nitrogens with zero attached hydrogens (tertiary/aromatic N) is 2. The fourth-order valence-electron chi connectivity index (χ4n) is 2.16. The number of fused-ring (bicyclic) bond motifs is 1. The summed E-state index contributed by atoms with van der Waals surface area (Å²) in [6.07, 6.45) is 4.35. The number of aromatic amines is 1.